The van der Waals surface area contributed by atoms with Gasteiger partial charge in [-0.3, -0.25) is 9.69 Å². The van der Waals surface area contributed by atoms with Crippen LogP contribution in [0.15, 0.2) is 24.3 Å². The predicted octanol–water partition coefficient (Wildman–Crippen LogP) is 1.49. The van der Waals surface area contributed by atoms with Crippen LogP contribution in [0.4, 0.5) is 4.39 Å². The highest BCUT2D eigenvalue weighted by Gasteiger charge is 2.30. The number of rotatable bonds is 4. The van der Waals surface area contributed by atoms with Gasteiger partial charge in [0.25, 0.3) is 0 Å². The van der Waals surface area contributed by atoms with Crippen molar-refractivity contribution >= 4 is 5.91 Å². The molecule has 1 atom stereocenters. The van der Waals surface area contributed by atoms with Crippen molar-refractivity contribution in [1.29, 1.82) is 0 Å². The van der Waals surface area contributed by atoms with Gasteiger partial charge in [-0.05, 0) is 26.0 Å². The molecular weight excluding hydrogens is 311 g/mol. The van der Waals surface area contributed by atoms with Crippen LogP contribution in [0.2, 0.25) is 0 Å². The second kappa shape index (κ2) is 6.70. The summed E-state index contributed by atoms with van der Waals surface area (Å²) in [5.41, 5.74) is 8.35. The molecule has 0 saturated carbocycles. The smallest absolute Gasteiger partial charge is 0.231 e. The minimum atomic E-state index is -0.376. The Kier molecular flexibility index (Phi) is 4.64. The monoisotopic (exact) mass is 332 g/mol. The third-order valence-electron chi connectivity index (χ3n) is 4.36. The van der Waals surface area contributed by atoms with E-state index < -0.39 is 0 Å². The third kappa shape index (κ3) is 3.05. The molecule has 1 saturated heterocycles. The van der Waals surface area contributed by atoms with E-state index >= 15 is 0 Å². The molecule has 7 heteroatoms. The first-order chi connectivity index (χ1) is 11.5. The van der Waals surface area contributed by atoms with E-state index in [4.69, 9.17) is 10.5 Å². The van der Waals surface area contributed by atoms with Gasteiger partial charge in [0.05, 0.1) is 31.5 Å². The van der Waals surface area contributed by atoms with Crippen LogP contribution in [-0.4, -0.2) is 46.9 Å². The molecule has 6 nitrogen and oxygen atoms in total. The summed E-state index contributed by atoms with van der Waals surface area (Å²) in [5, 5.41) is 4.51. The molecule has 0 spiro atoms. The number of halogens is 1. The number of amides is 1. The Morgan fingerprint density at radius 2 is 2.17 bits per heavy atom. The maximum absolute atomic E-state index is 14.1. The second-order valence-electron chi connectivity index (χ2n) is 5.98. The molecule has 0 bridgehead atoms. The minimum absolute atomic E-state index is 0.119. The van der Waals surface area contributed by atoms with Gasteiger partial charge in [-0.25, -0.2) is 9.07 Å². The molecule has 0 aliphatic carbocycles. The lowest BCUT2D eigenvalue weighted by Crippen LogP contribution is -2.44. The molecule has 1 aromatic carbocycles. The Balaban J connectivity index is 2.02. The number of nitrogens with zero attached hydrogens (tertiary/aromatic N) is 3. The average molecular weight is 332 g/mol. The topological polar surface area (TPSA) is 73.4 Å². The maximum atomic E-state index is 14.1. The predicted molar refractivity (Wildman–Crippen MR) is 87.3 cm³/mol. The number of aryl methyl sites for hydroxylation is 1. The van der Waals surface area contributed by atoms with E-state index in [1.165, 1.54) is 6.07 Å². The number of primary amides is 1. The van der Waals surface area contributed by atoms with Gasteiger partial charge in [-0.1, -0.05) is 12.1 Å². The van der Waals surface area contributed by atoms with Crippen molar-refractivity contribution in [1.82, 2.24) is 14.7 Å². The molecule has 1 aliphatic rings. The molecule has 2 N–H and O–H groups in total. The molecule has 2 aromatic rings. The van der Waals surface area contributed by atoms with E-state index in [0.717, 1.165) is 17.0 Å². The quantitative estimate of drug-likeness (QED) is 0.920. The van der Waals surface area contributed by atoms with Crippen LogP contribution in [-0.2, 0) is 9.53 Å². The third-order valence-corrected chi connectivity index (χ3v) is 4.36. The fraction of sp³-hybridized carbons (Fsp3) is 0.412. The zero-order valence-electron chi connectivity index (χ0n) is 13.8. The Morgan fingerprint density at radius 3 is 2.88 bits per heavy atom. The van der Waals surface area contributed by atoms with Crippen molar-refractivity contribution in [2.45, 2.75) is 19.9 Å². The van der Waals surface area contributed by atoms with Gasteiger partial charge in [0.15, 0.2) is 0 Å². The molecule has 0 radical (unpaired) electrons. The van der Waals surface area contributed by atoms with Gasteiger partial charge in [-0.15, -0.1) is 0 Å². The van der Waals surface area contributed by atoms with E-state index in [1.807, 2.05) is 18.7 Å². The van der Waals surface area contributed by atoms with Gasteiger partial charge in [0.1, 0.15) is 11.5 Å². The lowest BCUT2D eigenvalue weighted by atomic mass is 10.0. The average Bonchev–Trinajstić information content (AvgIpc) is 2.83. The van der Waals surface area contributed by atoms with Crippen LogP contribution in [0.1, 0.15) is 23.0 Å². The molecule has 1 fully saturated rings. The zero-order chi connectivity index (χ0) is 17.3. The van der Waals surface area contributed by atoms with Crippen LogP contribution in [0, 0.1) is 19.7 Å². The van der Waals surface area contributed by atoms with Gasteiger partial charge >= 0.3 is 0 Å². The van der Waals surface area contributed by atoms with E-state index in [-0.39, 0.29) is 24.3 Å². The fourth-order valence-corrected chi connectivity index (χ4v) is 3.29. The normalized spacial score (nSPS) is 18.7. The molecule has 1 amide bonds. The molecule has 1 aromatic heterocycles. The van der Waals surface area contributed by atoms with Crippen molar-refractivity contribution in [3.63, 3.8) is 0 Å². The van der Waals surface area contributed by atoms with Crippen molar-refractivity contribution < 1.29 is 13.9 Å². The summed E-state index contributed by atoms with van der Waals surface area (Å²) >= 11 is 0. The summed E-state index contributed by atoms with van der Waals surface area (Å²) in [7, 11) is 0. The van der Waals surface area contributed by atoms with Crippen LogP contribution >= 0.6 is 0 Å². The molecule has 2 heterocycles. The van der Waals surface area contributed by atoms with Gasteiger partial charge < -0.3 is 10.5 Å². The van der Waals surface area contributed by atoms with Crippen molar-refractivity contribution in [2.24, 2.45) is 5.73 Å². The number of carbonyl (C=O) groups is 1. The number of nitrogens with two attached hydrogens (primary N) is 1. The first kappa shape index (κ1) is 16.6. The number of carbonyl (C=O) groups excluding carboxylic acids is 1. The summed E-state index contributed by atoms with van der Waals surface area (Å²) < 4.78 is 21.3. The van der Waals surface area contributed by atoms with E-state index in [9.17, 15) is 9.18 Å². The van der Waals surface area contributed by atoms with E-state index in [1.54, 1.807) is 22.9 Å². The van der Waals surface area contributed by atoms with Crippen LogP contribution < -0.4 is 5.73 Å². The van der Waals surface area contributed by atoms with Crippen molar-refractivity contribution in [3.8, 4) is 5.69 Å². The highest BCUT2D eigenvalue weighted by molar-refractivity contribution is 5.76. The van der Waals surface area contributed by atoms with Gasteiger partial charge in [0.2, 0.25) is 5.91 Å². The highest BCUT2D eigenvalue weighted by Crippen LogP contribution is 2.30. The molecule has 128 valence electrons. The number of hydrogen-bond acceptors (Lipinski definition) is 4. The first-order valence-electron chi connectivity index (χ1n) is 7.90. The number of benzene rings is 1. The molecular formula is C17H21FN4O2. The maximum Gasteiger partial charge on any atom is 0.231 e. The Bertz CT molecular complexity index is 759. The van der Waals surface area contributed by atoms with Crippen molar-refractivity contribution in [3.05, 3.63) is 47.0 Å². The van der Waals surface area contributed by atoms with Crippen LogP contribution in [0.25, 0.3) is 5.69 Å². The minimum Gasteiger partial charge on any atom is -0.378 e. The molecule has 24 heavy (non-hydrogen) atoms. The Labute approximate surface area is 140 Å². The standard InChI is InChI=1S/C17H21FN4O2/c1-11-17(15-10-24-8-7-21(15)9-16(19)23)12(2)22(20-11)14-6-4-3-5-13(14)18/h3-6,15H,7-10H2,1-2H3,(H2,19,23)/t15-/m1/s1. The summed E-state index contributed by atoms with van der Waals surface area (Å²) in [5.74, 6) is -0.706. The lowest BCUT2D eigenvalue weighted by molar-refractivity contribution is -0.121. The SMILES string of the molecule is Cc1nn(-c2ccccc2F)c(C)c1[C@H]1COCCN1CC(N)=O. The number of aromatic nitrogens is 2. The summed E-state index contributed by atoms with van der Waals surface area (Å²) in [4.78, 5) is 13.3. The Hall–Kier alpha value is -2.25. The van der Waals surface area contributed by atoms with E-state index in [2.05, 4.69) is 5.10 Å². The Morgan fingerprint density at radius 1 is 1.42 bits per heavy atom. The number of hydrogen-bond donors (Lipinski definition) is 1. The summed E-state index contributed by atoms with van der Waals surface area (Å²) in [6.07, 6.45) is 0. The summed E-state index contributed by atoms with van der Waals surface area (Å²) in [6, 6.07) is 6.41. The van der Waals surface area contributed by atoms with Gasteiger partial charge in [-0.2, -0.15) is 5.10 Å². The number of morpholine rings is 1. The first-order valence-corrected chi connectivity index (χ1v) is 7.90. The highest BCUT2D eigenvalue weighted by atomic mass is 19.1. The lowest BCUT2D eigenvalue weighted by Gasteiger charge is -2.35. The van der Waals surface area contributed by atoms with Crippen molar-refractivity contribution in [2.75, 3.05) is 26.3 Å². The molecule has 0 unspecified atom stereocenters. The number of para-hydroxylation sites is 1. The fourth-order valence-electron chi connectivity index (χ4n) is 3.29. The number of ether oxygens (including phenoxy) is 1. The van der Waals surface area contributed by atoms with Crippen LogP contribution in [0.3, 0.4) is 0 Å². The second-order valence-corrected chi connectivity index (χ2v) is 5.98. The molecule has 3 rings (SSSR count). The summed E-state index contributed by atoms with van der Waals surface area (Å²) in [6.45, 7) is 5.59. The van der Waals surface area contributed by atoms with Gasteiger partial charge in [0, 0.05) is 17.8 Å². The zero-order valence-corrected chi connectivity index (χ0v) is 13.8. The van der Waals surface area contributed by atoms with E-state index in [0.29, 0.717) is 25.4 Å². The molecule has 1 aliphatic heterocycles. The van der Waals surface area contributed by atoms with Crippen LogP contribution in [0.5, 0.6) is 0 Å². The largest absolute Gasteiger partial charge is 0.378 e.